The number of anilines is 1. The van der Waals surface area contributed by atoms with E-state index in [0.29, 0.717) is 11.5 Å². The molecule has 1 fully saturated rings. The summed E-state index contributed by atoms with van der Waals surface area (Å²) in [5, 5.41) is 14.6. The van der Waals surface area contributed by atoms with E-state index in [1.54, 1.807) is 0 Å². The fourth-order valence-electron chi connectivity index (χ4n) is 4.33. The maximum Gasteiger partial charge on any atom is 0.224 e. The lowest BCUT2D eigenvalue weighted by Crippen LogP contribution is -2.29. The molecule has 1 unspecified atom stereocenters. The van der Waals surface area contributed by atoms with Gasteiger partial charge in [-0.15, -0.1) is 0 Å². The quantitative estimate of drug-likeness (QED) is 0.832. The van der Waals surface area contributed by atoms with Crippen molar-refractivity contribution >= 4 is 5.69 Å². The van der Waals surface area contributed by atoms with Crippen molar-refractivity contribution in [3.63, 3.8) is 0 Å². The molecule has 1 aromatic heterocycles. The second-order valence-electron chi connectivity index (χ2n) is 8.95. The number of nitrogens with two attached hydrogens (primary N) is 1. The van der Waals surface area contributed by atoms with Gasteiger partial charge in [-0.25, -0.2) is 4.68 Å². The molecule has 2 aliphatic rings. The molecule has 6 heteroatoms. The molecule has 0 amide bonds. The summed E-state index contributed by atoms with van der Waals surface area (Å²) in [6.45, 7) is 10.4. The smallest absolute Gasteiger partial charge is 0.224 e. The van der Waals surface area contributed by atoms with Gasteiger partial charge in [-0.3, -0.25) is 0 Å². The van der Waals surface area contributed by atoms with Crippen molar-refractivity contribution in [3.05, 3.63) is 52.5 Å². The van der Waals surface area contributed by atoms with Gasteiger partial charge in [0.15, 0.2) is 0 Å². The van der Waals surface area contributed by atoms with E-state index in [1.807, 2.05) is 11.6 Å². The molecule has 3 heterocycles. The number of rotatable bonds is 2. The van der Waals surface area contributed by atoms with Crippen molar-refractivity contribution in [2.24, 2.45) is 5.73 Å². The minimum absolute atomic E-state index is 0.163. The molecule has 2 N–H and O–H groups in total. The molecule has 0 saturated carbocycles. The zero-order valence-corrected chi connectivity index (χ0v) is 17.7. The molecule has 29 heavy (non-hydrogen) atoms. The third-order valence-corrected chi connectivity index (χ3v) is 5.82. The van der Waals surface area contributed by atoms with Crippen LogP contribution in [-0.2, 0) is 5.54 Å². The summed E-state index contributed by atoms with van der Waals surface area (Å²) in [5.41, 5.74) is 10.4. The average molecular weight is 392 g/mol. The van der Waals surface area contributed by atoms with Crippen LogP contribution in [0.4, 0.5) is 5.69 Å². The van der Waals surface area contributed by atoms with E-state index in [9.17, 15) is 5.26 Å². The molecule has 1 atom stereocenters. The Morgan fingerprint density at radius 3 is 2.38 bits per heavy atom. The van der Waals surface area contributed by atoms with E-state index in [2.05, 4.69) is 56.0 Å². The Bertz CT molecular complexity index is 982. The number of fused-ring (bicyclic) bond motifs is 1. The van der Waals surface area contributed by atoms with Crippen molar-refractivity contribution in [1.82, 2.24) is 9.78 Å². The van der Waals surface area contributed by atoms with Gasteiger partial charge in [0.05, 0.1) is 22.7 Å². The first-order valence-corrected chi connectivity index (χ1v) is 10.3. The van der Waals surface area contributed by atoms with Crippen LogP contribution < -0.4 is 15.4 Å². The number of nitriles is 1. The zero-order chi connectivity index (χ0) is 20.8. The second kappa shape index (κ2) is 7.14. The molecule has 0 radical (unpaired) electrons. The molecule has 6 nitrogen and oxygen atoms in total. The Kier molecular flexibility index (Phi) is 4.77. The number of hydrogen-bond donors (Lipinski definition) is 1. The summed E-state index contributed by atoms with van der Waals surface area (Å²) < 4.78 is 7.78. The topological polar surface area (TPSA) is 80.1 Å². The lowest BCUT2D eigenvalue weighted by atomic mass is 9.84. The van der Waals surface area contributed by atoms with E-state index in [1.165, 1.54) is 24.9 Å². The van der Waals surface area contributed by atoms with Crippen LogP contribution in [0.25, 0.3) is 0 Å². The summed E-state index contributed by atoms with van der Waals surface area (Å²) in [6, 6.07) is 10.8. The lowest BCUT2D eigenvalue weighted by Gasteiger charge is -2.30. The van der Waals surface area contributed by atoms with Crippen molar-refractivity contribution in [2.45, 2.75) is 58.4 Å². The SMILES string of the molecule is Cc1nn(C(C)(C)C)c2c1C(c1ccc(N3CCCCC3)cc1)C(C#N)=C(N)O2. The van der Waals surface area contributed by atoms with Gasteiger partial charge in [-0.05, 0) is 64.7 Å². The Hall–Kier alpha value is -2.94. The summed E-state index contributed by atoms with van der Waals surface area (Å²) in [4.78, 5) is 2.43. The number of piperidine rings is 1. The van der Waals surface area contributed by atoms with Crippen LogP contribution in [0.3, 0.4) is 0 Å². The van der Waals surface area contributed by atoms with Crippen LogP contribution in [0.1, 0.15) is 62.8 Å². The van der Waals surface area contributed by atoms with E-state index in [0.717, 1.165) is 29.9 Å². The molecule has 4 rings (SSSR count). The highest BCUT2D eigenvalue weighted by Crippen LogP contribution is 2.45. The molecule has 1 aromatic carbocycles. The standard InChI is InChI=1S/C23H29N5O/c1-15-19-20(16-8-10-17(11-9-16)27-12-6-5-7-13-27)18(14-24)21(25)29-22(19)28(26-15)23(2,3)4/h8-11,20H,5-7,12-13,25H2,1-4H3. The molecule has 0 aliphatic carbocycles. The fraction of sp³-hybridized carbons (Fsp3) is 0.478. The molecular weight excluding hydrogens is 362 g/mol. The first-order chi connectivity index (χ1) is 13.8. The van der Waals surface area contributed by atoms with Crippen LogP contribution in [0.15, 0.2) is 35.7 Å². The summed E-state index contributed by atoms with van der Waals surface area (Å²) in [7, 11) is 0. The lowest BCUT2D eigenvalue weighted by molar-refractivity contribution is 0.277. The highest BCUT2D eigenvalue weighted by Gasteiger charge is 2.37. The van der Waals surface area contributed by atoms with Gasteiger partial charge in [-0.2, -0.15) is 10.4 Å². The van der Waals surface area contributed by atoms with E-state index in [-0.39, 0.29) is 17.3 Å². The summed E-state index contributed by atoms with van der Waals surface area (Å²) >= 11 is 0. The predicted octanol–water partition coefficient (Wildman–Crippen LogP) is 4.16. The number of aryl methyl sites for hydroxylation is 1. The molecule has 2 aliphatic heterocycles. The Morgan fingerprint density at radius 2 is 1.79 bits per heavy atom. The third kappa shape index (κ3) is 3.35. The van der Waals surface area contributed by atoms with Crippen molar-refractivity contribution < 1.29 is 4.74 Å². The number of allylic oxidation sites excluding steroid dienone is 1. The number of hydrogen-bond acceptors (Lipinski definition) is 5. The first-order valence-electron chi connectivity index (χ1n) is 10.3. The van der Waals surface area contributed by atoms with Gasteiger partial charge in [-0.1, -0.05) is 12.1 Å². The molecule has 2 aromatic rings. The molecule has 1 saturated heterocycles. The third-order valence-electron chi connectivity index (χ3n) is 5.82. The van der Waals surface area contributed by atoms with E-state index < -0.39 is 0 Å². The van der Waals surface area contributed by atoms with Crippen LogP contribution in [0, 0.1) is 18.3 Å². The number of ether oxygens (including phenoxy) is 1. The molecular formula is C23H29N5O. The van der Waals surface area contributed by atoms with Crippen LogP contribution in [0.2, 0.25) is 0 Å². The van der Waals surface area contributed by atoms with Gasteiger partial charge >= 0.3 is 0 Å². The maximum absolute atomic E-state index is 9.83. The van der Waals surface area contributed by atoms with Gasteiger partial charge in [0.1, 0.15) is 11.6 Å². The first kappa shape index (κ1) is 19.4. The van der Waals surface area contributed by atoms with Crippen molar-refractivity contribution in [3.8, 4) is 11.9 Å². The fourth-order valence-corrected chi connectivity index (χ4v) is 4.33. The number of aromatic nitrogens is 2. The monoisotopic (exact) mass is 391 g/mol. The Labute approximate surface area is 172 Å². The molecule has 0 bridgehead atoms. The van der Waals surface area contributed by atoms with Crippen LogP contribution in [-0.4, -0.2) is 22.9 Å². The second-order valence-corrected chi connectivity index (χ2v) is 8.95. The minimum Gasteiger partial charge on any atom is -0.422 e. The molecule has 152 valence electrons. The zero-order valence-electron chi connectivity index (χ0n) is 17.7. The highest BCUT2D eigenvalue weighted by atomic mass is 16.5. The van der Waals surface area contributed by atoms with Crippen molar-refractivity contribution in [1.29, 1.82) is 5.26 Å². The minimum atomic E-state index is -0.268. The predicted molar refractivity (Wildman–Crippen MR) is 114 cm³/mol. The summed E-state index contributed by atoms with van der Waals surface area (Å²) in [5.74, 6) is 0.530. The Morgan fingerprint density at radius 1 is 1.14 bits per heavy atom. The number of benzene rings is 1. The Balaban J connectivity index is 1.79. The maximum atomic E-state index is 9.83. The molecule has 0 spiro atoms. The average Bonchev–Trinajstić information content (AvgIpc) is 3.04. The van der Waals surface area contributed by atoms with E-state index >= 15 is 0 Å². The van der Waals surface area contributed by atoms with Gasteiger partial charge in [0.25, 0.3) is 0 Å². The normalized spacial score (nSPS) is 19.6. The highest BCUT2D eigenvalue weighted by molar-refractivity contribution is 5.58. The summed E-state index contributed by atoms with van der Waals surface area (Å²) in [6.07, 6.45) is 3.80. The van der Waals surface area contributed by atoms with Crippen LogP contribution >= 0.6 is 0 Å². The van der Waals surface area contributed by atoms with Crippen molar-refractivity contribution in [2.75, 3.05) is 18.0 Å². The van der Waals surface area contributed by atoms with Gasteiger partial charge in [0, 0.05) is 18.8 Å². The van der Waals surface area contributed by atoms with Gasteiger partial charge in [0.2, 0.25) is 11.8 Å². The largest absolute Gasteiger partial charge is 0.422 e. The van der Waals surface area contributed by atoms with E-state index in [4.69, 9.17) is 15.6 Å². The van der Waals surface area contributed by atoms with Crippen LogP contribution in [0.5, 0.6) is 5.88 Å². The number of nitrogens with zero attached hydrogens (tertiary/aromatic N) is 4. The van der Waals surface area contributed by atoms with Gasteiger partial charge < -0.3 is 15.4 Å².